The molecule has 0 spiro atoms. The zero-order valence-corrected chi connectivity index (χ0v) is 34.2. The fraction of sp³-hybridized carbons (Fsp3) is 0.318. The van der Waals surface area contributed by atoms with Crippen LogP contribution in [0.15, 0.2) is 85.3 Å². The fourth-order valence-corrected chi connectivity index (χ4v) is 9.97. The van der Waals surface area contributed by atoms with Gasteiger partial charge in [0.15, 0.2) is 5.82 Å². The van der Waals surface area contributed by atoms with Gasteiger partial charge in [0.05, 0.1) is 17.4 Å². The lowest BCUT2D eigenvalue weighted by Gasteiger charge is -2.37. The van der Waals surface area contributed by atoms with Crippen LogP contribution in [0.2, 0.25) is 0 Å². The molecule has 6 heterocycles. The van der Waals surface area contributed by atoms with Gasteiger partial charge in [0.1, 0.15) is 23.7 Å². The van der Waals surface area contributed by atoms with E-state index in [-0.39, 0.29) is 41.4 Å². The van der Waals surface area contributed by atoms with Gasteiger partial charge in [0.25, 0.3) is 5.91 Å². The number of pyridine rings is 1. The highest BCUT2D eigenvalue weighted by Gasteiger charge is 2.39. The number of nitrogens with zero attached hydrogens (tertiary/aromatic N) is 5. The Balaban J connectivity index is 0.830. The number of carbonyl (C=O) groups excluding carboxylic acids is 3. The van der Waals surface area contributed by atoms with E-state index in [0.29, 0.717) is 67.0 Å². The number of piperazine rings is 1. The Bertz CT molecular complexity index is 2740. The summed E-state index contributed by atoms with van der Waals surface area (Å²) in [4.78, 5) is 52.9. The van der Waals surface area contributed by atoms with Crippen LogP contribution in [0.5, 0.6) is 0 Å². The third-order valence-corrected chi connectivity index (χ3v) is 13.7. The number of ketones is 1. The standard InChI is InChI=1S/C44H43F3N8O6S/c1-25-2-11-37(43(58)50-25)55-22-29-18-31(7-8-32(29)44(55)59)53-16-14-52(15-17-53)24-38(56)27-5-3-26(4-6-27)28-19-33-34(21-49-42(33)48-20-28)41(57)39-35(46)9-10-36(40(39)47)51-62(60,61)54-13-12-30(45)23-54/h3-10,18-21,30,37-38,51,56H,1-2,11-17,22-24H2,(H,48,49)(H,50,58)/t30-,37-,38+/m1/s1. The summed E-state index contributed by atoms with van der Waals surface area (Å²) < 4.78 is 72.9. The molecule has 0 bridgehead atoms. The maximum absolute atomic E-state index is 15.7. The number of aliphatic hydroxyl groups is 1. The van der Waals surface area contributed by atoms with Crippen LogP contribution in [0, 0.1) is 11.6 Å². The number of aromatic amines is 1. The van der Waals surface area contributed by atoms with Gasteiger partial charge < -0.3 is 25.2 Å². The highest BCUT2D eigenvalue weighted by molar-refractivity contribution is 7.90. The van der Waals surface area contributed by atoms with E-state index in [1.54, 1.807) is 29.3 Å². The molecule has 2 amide bonds. The first-order valence-electron chi connectivity index (χ1n) is 20.3. The number of fused-ring (bicyclic) bond motifs is 2. The molecule has 3 saturated heterocycles. The van der Waals surface area contributed by atoms with Crippen LogP contribution in [0.1, 0.15) is 62.8 Å². The van der Waals surface area contributed by atoms with Crippen molar-refractivity contribution >= 4 is 50.2 Å². The quantitative estimate of drug-likeness (QED) is 0.133. The zero-order valence-electron chi connectivity index (χ0n) is 33.4. The van der Waals surface area contributed by atoms with Crippen molar-refractivity contribution in [2.24, 2.45) is 0 Å². The topological polar surface area (TPSA) is 171 Å². The SMILES string of the molecule is C=C1CC[C@@H](N2Cc3cc(N4CCN(C[C@H](O)c5ccc(-c6cnc7[nH]cc(C(=O)c8c(F)ccc(NS(=O)(=O)N9CC[C@@H](F)C9)c8F)c7c6)cc5)CC4)ccc3C2=O)C(=O)N1. The number of carbonyl (C=O) groups is 3. The first-order valence-corrected chi connectivity index (χ1v) is 21.8. The molecule has 14 nitrogen and oxygen atoms in total. The number of H-pyrrole nitrogens is 1. The summed E-state index contributed by atoms with van der Waals surface area (Å²) in [6.07, 6.45) is 1.90. The number of alkyl halides is 1. The molecule has 62 heavy (non-hydrogen) atoms. The van der Waals surface area contributed by atoms with E-state index in [1.807, 2.05) is 35.1 Å². The largest absolute Gasteiger partial charge is 0.387 e. The summed E-state index contributed by atoms with van der Waals surface area (Å²) in [5.74, 6) is -3.97. The van der Waals surface area contributed by atoms with Crippen molar-refractivity contribution < 1.29 is 41.1 Å². The van der Waals surface area contributed by atoms with Crippen molar-refractivity contribution in [1.29, 1.82) is 0 Å². The number of hydrogen-bond donors (Lipinski definition) is 4. The van der Waals surface area contributed by atoms with Gasteiger partial charge in [-0.05, 0) is 72.4 Å². The number of anilines is 2. The Morgan fingerprint density at radius 2 is 1.76 bits per heavy atom. The fourth-order valence-electron chi connectivity index (χ4n) is 8.71. The van der Waals surface area contributed by atoms with Gasteiger partial charge in [0, 0.05) is 98.2 Å². The van der Waals surface area contributed by atoms with Crippen molar-refractivity contribution in [3.05, 3.63) is 125 Å². The molecule has 3 atom stereocenters. The van der Waals surface area contributed by atoms with Crippen LogP contribution in [0.4, 0.5) is 24.5 Å². The molecule has 3 fully saturated rings. The molecule has 4 aliphatic rings. The Hall–Kier alpha value is -6.08. The summed E-state index contributed by atoms with van der Waals surface area (Å²) in [6, 6.07) is 15.9. The van der Waals surface area contributed by atoms with Crippen LogP contribution in [-0.2, 0) is 21.5 Å². The van der Waals surface area contributed by atoms with Crippen LogP contribution in [0.3, 0.4) is 0 Å². The van der Waals surface area contributed by atoms with Crippen LogP contribution >= 0.6 is 0 Å². The molecule has 4 aliphatic heterocycles. The van der Waals surface area contributed by atoms with Gasteiger partial charge in [0.2, 0.25) is 11.7 Å². The molecular weight excluding hydrogens is 826 g/mol. The molecule has 322 valence electrons. The number of benzene rings is 3. The Kier molecular flexibility index (Phi) is 10.9. The smallest absolute Gasteiger partial charge is 0.301 e. The monoisotopic (exact) mass is 868 g/mol. The predicted molar refractivity (Wildman–Crippen MR) is 225 cm³/mol. The number of piperidine rings is 1. The minimum Gasteiger partial charge on any atom is -0.387 e. The lowest BCUT2D eigenvalue weighted by molar-refractivity contribution is -0.126. The molecule has 3 aromatic carbocycles. The number of β-amino-alcohol motifs (C(OH)–C–C–N with tert-alkyl or cyclic N) is 1. The first kappa shape index (κ1) is 41.3. The highest BCUT2D eigenvalue weighted by atomic mass is 32.2. The van der Waals surface area contributed by atoms with E-state index in [1.165, 1.54) is 6.20 Å². The highest BCUT2D eigenvalue weighted by Crippen LogP contribution is 2.33. The number of rotatable bonds is 11. The number of halogens is 3. The minimum atomic E-state index is -4.37. The second-order valence-corrected chi connectivity index (χ2v) is 17.8. The van der Waals surface area contributed by atoms with E-state index in [2.05, 4.69) is 31.7 Å². The number of nitrogens with one attached hydrogen (secondary N) is 3. The Morgan fingerprint density at radius 3 is 2.48 bits per heavy atom. The molecule has 0 aliphatic carbocycles. The Labute approximate surface area is 355 Å². The third-order valence-electron chi connectivity index (χ3n) is 12.2. The van der Waals surface area contributed by atoms with Gasteiger partial charge in [-0.3, -0.25) is 24.0 Å². The normalized spacial score (nSPS) is 20.5. The summed E-state index contributed by atoms with van der Waals surface area (Å²) in [5.41, 5.74) is 3.78. The second kappa shape index (κ2) is 16.3. The van der Waals surface area contributed by atoms with Gasteiger partial charge in [-0.2, -0.15) is 12.7 Å². The maximum Gasteiger partial charge on any atom is 0.301 e. The number of aliphatic hydroxyl groups excluding tert-OH is 1. The average Bonchev–Trinajstić information content (AvgIpc) is 3.99. The lowest BCUT2D eigenvalue weighted by Crippen LogP contribution is -2.49. The summed E-state index contributed by atoms with van der Waals surface area (Å²) in [5, 5.41) is 14.3. The van der Waals surface area contributed by atoms with E-state index >= 15 is 8.78 Å². The lowest BCUT2D eigenvalue weighted by atomic mass is 9.99. The number of amides is 2. The van der Waals surface area contributed by atoms with Crippen LogP contribution < -0.4 is 14.9 Å². The van der Waals surface area contributed by atoms with Crippen molar-refractivity contribution in [3.8, 4) is 11.1 Å². The second-order valence-electron chi connectivity index (χ2n) is 16.1. The first-order chi connectivity index (χ1) is 29.7. The van der Waals surface area contributed by atoms with Crippen LogP contribution in [-0.4, -0.2) is 113 Å². The van der Waals surface area contributed by atoms with E-state index < -0.39 is 63.7 Å². The molecule has 0 unspecified atom stereocenters. The molecule has 18 heteroatoms. The van der Waals surface area contributed by atoms with Gasteiger partial charge in [-0.1, -0.05) is 30.8 Å². The summed E-state index contributed by atoms with van der Waals surface area (Å²) in [6.45, 7) is 6.98. The van der Waals surface area contributed by atoms with Gasteiger partial charge >= 0.3 is 10.2 Å². The molecule has 5 aromatic rings. The molecule has 2 aromatic heterocycles. The maximum atomic E-state index is 15.7. The summed E-state index contributed by atoms with van der Waals surface area (Å²) in [7, 11) is -4.37. The number of allylic oxidation sites excluding steroid dienone is 1. The van der Waals surface area contributed by atoms with Crippen molar-refractivity contribution in [2.75, 3.05) is 55.4 Å². The molecule has 0 saturated carbocycles. The van der Waals surface area contributed by atoms with Crippen molar-refractivity contribution in [3.63, 3.8) is 0 Å². The number of hydrogen-bond acceptors (Lipinski definition) is 9. The van der Waals surface area contributed by atoms with E-state index in [4.69, 9.17) is 0 Å². The molecule has 4 N–H and O–H groups in total. The third kappa shape index (κ3) is 7.82. The average molecular weight is 869 g/mol. The van der Waals surface area contributed by atoms with Crippen LogP contribution in [0.25, 0.3) is 22.2 Å². The Morgan fingerprint density at radius 1 is 0.984 bits per heavy atom. The van der Waals surface area contributed by atoms with Crippen molar-refractivity contribution in [2.45, 2.75) is 44.1 Å². The van der Waals surface area contributed by atoms with E-state index in [0.717, 1.165) is 40.8 Å². The van der Waals surface area contributed by atoms with Crippen molar-refractivity contribution in [1.82, 2.24) is 29.4 Å². The molecular formula is C44H43F3N8O6S. The predicted octanol–water partition coefficient (Wildman–Crippen LogP) is 5.04. The van der Waals surface area contributed by atoms with E-state index in [9.17, 15) is 32.3 Å². The molecule has 9 rings (SSSR count). The minimum absolute atomic E-state index is 0.00785. The zero-order chi connectivity index (χ0) is 43.4. The van der Waals surface area contributed by atoms with Gasteiger partial charge in [-0.15, -0.1) is 0 Å². The summed E-state index contributed by atoms with van der Waals surface area (Å²) >= 11 is 0. The number of aromatic nitrogens is 2. The van der Waals surface area contributed by atoms with Gasteiger partial charge in [-0.25, -0.2) is 18.2 Å². The molecule has 0 radical (unpaired) electrons.